The van der Waals surface area contributed by atoms with Crippen molar-refractivity contribution in [3.63, 3.8) is 0 Å². The number of rotatable bonds is 9. The van der Waals surface area contributed by atoms with Crippen LogP contribution in [-0.2, 0) is 21.2 Å². The number of anilines is 1. The molecule has 1 amide bonds. The minimum Gasteiger partial charge on any atom is -0.497 e. The average Bonchev–Trinajstić information content (AvgIpc) is 3.26. The van der Waals surface area contributed by atoms with Crippen LogP contribution in [0, 0.1) is 6.92 Å². The van der Waals surface area contributed by atoms with Gasteiger partial charge in [-0.3, -0.25) is 9.69 Å². The van der Waals surface area contributed by atoms with Gasteiger partial charge in [-0.1, -0.05) is 59.4 Å². The Labute approximate surface area is 203 Å². The molecular formula is C26H26N2O4S2. The van der Waals surface area contributed by atoms with Gasteiger partial charge in [0.2, 0.25) is 5.91 Å². The zero-order valence-corrected chi connectivity index (χ0v) is 20.7. The fourth-order valence-electron chi connectivity index (χ4n) is 3.58. The summed E-state index contributed by atoms with van der Waals surface area (Å²) in [6.07, 6.45) is 0.343. The lowest BCUT2D eigenvalue weighted by atomic mass is 10.2. The SMILES string of the molecule is COc1ccc2nc(N(Cc3ccccc3)C(=O)CCCS(=O)(=O)c3ccc(C)cc3)sc2c1. The summed E-state index contributed by atoms with van der Waals surface area (Å²) < 4.78 is 31.6. The molecule has 0 atom stereocenters. The zero-order valence-electron chi connectivity index (χ0n) is 19.1. The maximum atomic E-state index is 13.3. The van der Waals surface area contributed by atoms with Crippen LogP contribution in [0.4, 0.5) is 5.13 Å². The third kappa shape index (κ3) is 5.63. The van der Waals surface area contributed by atoms with Crippen molar-refractivity contribution in [3.8, 4) is 5.75 Å². The molecule has 1 aromatic heterocycles. The van der Waals surface area contributed by atoms with Gasteiger partial charge in [-0.15, -0.1) is 0 Å². The summed E-state index contributed by atoms with van der Waals surface area (Å²) in [6.45, 7) is 2.27. The standard InChI is InChI=1S/C26H26N2O4S2/c1-19-10-13-22(14-11-19)34(30,31)16-6-9-25(29)28(18-20-7-4-3-5-8-20)26-27-23-15-12-21(32-2)17-24(23)33-26/h3-5,7-8,10-15,17H,6,9,16,18H2,1-2H3. The first-order valence-corrected chi connectivity index (χ1v) is 13.4. The van der Waals surface area contributed by atoms with Gasteiger partial charge in [-0.2, -0.15) is 0 Å². The van der Waals surface area contributed by atoms with E-state index in [9.17, 15) is 13.2 Å². The number of carbonyl (C=O) groups excluding carboxylic acids is 1. The molecule has 0 saturated carbocycles. The average molecular weight is 495 g/mol. The Bertz CT molecular complexity index is 1380. The van der Waals surface area contributed by atoms with Crippen LogP contribution in [0.25, 0.3) is 10.2 Å². The van der Waals surface area contributed by atoms with Gasteiger partial charge in [0.1, 0.15) is 5.75 Å². The van der Waals surface area contributed by atoms with Crippen LogP contribution >= 0.6 is 11.3 Å². The second-order valence-electron chi connectivity index (χ2n) is 8.03. The monoisotopic (exact) mass is 494 g/mol. The predicted molar refractivity (Wildman–Crippen MR) is 136 cm³/mol. The van der Waals surface area contributed by atoms with E-state index >= 15 is 0 Å². The number of carbonyl (C=O) groups is 1. The molecule has 176 valence electrons. The largest absolute Gasteiger partial charge is 0.497 e. The van der Waals surface area contributed by atoms with Crippen molar-refractivity contribution in [2.24, 2.45) is 0 Å². The van der Waals surface area contributed by atoms with Crippen LogP contribution < -0.4 is 9.64 Å². The van der Waals surface area contributed by atoms with Gasteiger partial charge < -0.3 is 4.74 Å². The van der Waals surface area contributed by atoms with Gasteiger partial charge in [0.15, 0.2) is 15.0 Å². The number of hydrogen-bond acceptors (Lipinski definition) is 6. The summed E-state index contributed by atoms with van der Waals surface area (Å²) >= 11 is 1.42. The summed E-state index contributed by atoms with van der Waals surface area (Å²) in [5.74, 6) is 0.483. The molecule has 0 aliphatic carbocycles. The van der Waals surface area contributed by atoms with Crippen molar-refractivity contribution in [1.82, 2.24) is 4.98 Å². The number of fused-ring (bicyclic) bond motifs is 1. The number of hydrogen-bond donors (Lipinski definition) is 0. The van der Waals surface area contributed by atoms with Crippen molar-refractivity contribution >= 4 is 42.4 Å². The van der Waals surface area contributed by atoms with Crippen LogP contribution in [0.2, 0.25) is 0 Å². The van der Waals surface area contributed by atoms with E-state index in [1.807, 2.05) is 55.5 Å². The van der Waals surface area contributed by atoms with E-state index in [2.05, 4.69) is 4.98 Å². The fraction of sp³-hybridized carbons (Fsp3) is 0.231. The Balaban J connectivity index is 1.53. The highest BCUT2D eigenvalue weighted by Crippen LogP contribution is 2.32. The van der Waals surface area contributed by atoms with Gasteiger partial charge >= 0.3 is 0 Å². The number of ether oxygens (including phenoxy) is 1. The van der Waals surface area contributed by atoms with Crippen LogP contribution in [0.5, 0.6) is 5.75 Å². The molecule has 1 heterocycles. The second-order valence-corrected chi connectivity index (χ2v) is 11.1. The van der Waals surface area contributed by atoms with Crippen molar-refractivity contribution in [1.29, 1.82) is 0 Å². The lowest BCUT2D eigenvalue weighted by Crippen LogP contribution is -2.30. The predicted octanol–water partition coefficient (Wildman–Crippen LogP) is 5.40. The van der Waals surface area contributed by atoms with E-state index in [0.717, 1.165) is 27.1 Å². The molecule has 4 rings (SSSR count). The number of amides is 1. The molecule has 0 unspecified atom stereocenters. The molecule has 0 N–H and O–H groups in total. The third-order valence-electron chi connectivity index (χ3n) is 5.48. The van der Waals surface area contributed by atoms with Gasteiger partial charge in [0, 0.05) is 6.42 Å². The van der Waals surface area contributed by atoms with E-state index in [4.69, 9.17) is 4.74 Å². The van der Waals surface area contributed by atoms with Crippen LogP contribution in [0.1, 0.15) is 24.0 Å². The zero-order chi connectivity index (χ0) is 24.1. The van der Waals surface area contributed by atoms with Crippen LogP contribution in [0.15, 0.2) is 77.7 Å². The minimum atomic E-state index is -3.45. The molecule has 0 radical (unpaired) electrons. The fourth-order valence-corrected chi connectivity index (χ4v) is 5.90. The Morgan fingerprint density at radius 1 is 1.03 bits per heavy atom. The van der Waals surface area contributed by atoms with E-state index in [1.165, 1.54) is 11.3 Å². The summed E-state index contributed by atoms with van der Waals surface area (Å²) in [5.41, 5.74) is 2.76. The lowest BCUT2D eigenvalue weighted by molar-refractivity contribution is -0.118. The highest BCUT2D eigenvalue weighted by molar-refractivity contribution is 7.91. The first kappa shape index (κ1) is 23.9. The molecule has 0 saturated heterocycles. The van der Waals surface area contributed by atoms with Crippen molar-refractivity contribution in [2.45, 2.75) is 31.2 Å². The second kappa shape index (κ2) is 10.4. The van der Waals surface area contributed by atoms with Gasteiger partial charge in [-0.25, -0.2) is 13.4 Å². The molecule has 0 bridgehead atoms. The van der Waals surface area contributed by atoms with E-state index < -0.39 is 9.84 Å². The van der Waals surface area contributed by atoms with E-state index in [0.29, 0.717) is 11.7 Å². The molecular weight excluding hydrogens is 468 g/mol. The number of thiazole rings is 1. The molecule has 6 nitrogen and oxygen atoms in total. The third-order valence-corrected chi connectivity index (χ3v) is 8.34. The lowest BCUT2D eigenvalue weighted by Gasteiger charge is -2.20. The Morgan fingerprint density at radius 3 is 2.47 bits per heavy atom. The maximum Gasteiger partial charge on any atom is 0.229 e. The number of sulfone groups is 1. The van der Waals surface area contributed by atoms with E-state index in [1.54, 1.807) is 36.3 Å². The number of nitrogens with zero attached hydrogens (tertiary/aromatic N) is 2. The van der Waals surface area contributed by atoms with E-state index in [-0.39, 0.29) is 29.4 Å². The summed E-state index contributed by atoms with van der Waals surface area (Å²) in [4.78, 5) is 19.9. The number of aryl methyl sites for hydroxylation is 1. The highest BCUT2D eigenvalue weighted by atomic mass is 32.2. The highest BCUT2D eigenvalue weighted by Gasteiger charge is 2.22. The number of aromatic nitrogens is 1. The molecule has 0 spiro atoms. The number of methoxy groups -OCH3 is 1. The normalized spacial score (nSPS) is 11.5. The summed E-state index contributed by atoms with van der Waals surface area (Å²) in [7, 11) is -1.84. The molecule has 0 aliphatic rings. The van der Waals surface area contributed by atoms with Gasteiger partial charge in [0.05, 0.1) is 34.5 Å². The Morgan fingerprint density at radius 2 is 1.76 bits per heavy atom. The molecule has 0 aliphatic heterocycles. The van der Waals surface area contributed by atoms with Crippen molar-refractivity contribution in [2.75, 3.05) is 17.8 Å². The Hall–Kier alpha value is -3.23. The Kier molecular flexibility index (Phi) is 7.29. The van der Waals surface area contributed by atoms with Gasteiger partial charge in [-0.05, 0) is 49.2 Å². The topological polar surface area (TPSA) is 76.6 Å². The minimum absolute atomic E-state index is 0.0853. The molecule has 8 heteroatoms. The molecule has 3 aromatic carbocycles. The van der Waals surface area contributed by atoms with Crippen LogP contribution in [0.3, 0.4) is 0 Å². The first-order valence-electron chi connectivity index (χ1n) is 10.9. The van der Waals surface area contributed by atoms with Crippen LogP contribution in [-0.4, -0.2) is 32.2 Å². The smallest absolute Gasteiger partial charge is 0.229 e. The quantitative estimate of drug-likeness (QED) is 0.311. The molecule has 4 aromatic rings. The summed E-state index contributed by atoms with van der Waals surface area (Å²) in [6, 6.07) is 22.1. The van der Waals surface area contributed by atoms with Gasteiger partial charge in [0.25, 0.3) is 0 Å². The summed E-state index contributed by atoms with van der Waals surface area (Å²) in [5, 5.41) is 0.582. The van der Waals surface area contributed by atoms with Crippen molar-refractivity contribution in [3.05, 3.63) is 83.9 Å². The molecule has 0 fully saturated rings. The number of benzene rings is 3. The molecule has 34 heavy (non-hydrogen) atoms. The first-order chi connectivity index (χ1) is 16.4. The van der Waals surface area contributed by atoms with Crippen molar-refractivity contribution < 1.29 is 17.9 Å². The maximum absolute atomic E-state index is 13.3.